The van der Waals surface area contributed by atoms with Gasteiger partial charge in [-0.25, -0.2) is 0 Å². The molecule has 0 spiro atoms. The monoisotopic (exact) mass is 368 g/mol. The van der Waals surface area contributed by atoms with Gasteiger partial charge in [0, 0.05) is 9.49 Å². The molecule has 2 aromatic rings. The highest BCUT2D eigenvalue weighted by Gasteiger charge is 1.80. The van der Waals surface area contributed by atoms with E-state index in [2.05, 4.69) is 55.5 Å². The zero-order valence-corrected chi connectivity index (χ0v) is 13.9. The summed E-state index contributed by atoms with van der Waals surface area (Å²) >= 11 is 2.34. The molecule has 2 rings (SSSR count). The third kappa shape index (κ3) is 13.1. The van der Waals surface area contributed by atoms with Crippen LogP contribution in [0.15, 0.2) is 60.7 Å². The van der Waals surface area contributed by atoms with Crippen molar-refractivity contribution in [2.75, 3.05) is 0 Å². The van der Waals surface area contributed by atoms with Gasteiger partial charge in [-0.15, -0.1) is 0 Å². The second-order valence-corrected chi connectivity index (χ2v) is 6.69. The summed E-state index contributed by atoms with van der Waals surface area (Å²) in [6.07, 6.45) is 0.833. The number of hydrogen-bond acceptors (Lipinski definition) is 1. The molecular formula is C17H21IO. The first kappa shape index (κ1) is 17.8. The molecule has 0 radical (unpaired) electrons. The number of carbonyl (C=O) groups is 1. The van der Waals surface area contributed by atoms with Gasteiger partial charge in [-0.05, 0) is 6.92 Å². The van der Waals surface area contributed by atoms with Crippen LogP contribution in [-0.2, 0) is 0 Å². The van der Waals surface area contributed by atoms with Crippen molar-refractivity contribution in [2.45, 2.75) is 24.7 Å². The topological polar surface area (TPSA) is 17.1 Å². The summed E-state index contributed by atoms with van der Waals surface area (Å²) in [5, 5.41) is 0. The maximum Gasteiger partial charge on any atom is 0.150 e. The Morgan fingerprint density at radius 3 is 1.47 bits per heavy atom. The van der Waals surface area contributed by atoms with Crippen LogP contribution in [0, 0.1) is 6.92 Å². The molecule has 0 saturated heterocycles. The lowest BCUT2D eigenvalue weighted by molar-refractivity contribution is 0.112. The molecule has 1 nitrogen and oxygen atoms in total. The molecule has 0 saturated carbocycles. The minimum Gasteiger partial charge on any atom is -0.298 e. The van der Waals surface area contributed by atoms with Gasteiger partial charge >= 0.3 is 0 Å². The number of aryl methyl sites for hydroxylation is 1. The van der Waals surface area contributed by atoms with Crippen LogP contribution in [0.1, 0.15) is 29.8 Å². The van der Waals surface area contributed by atoms with Gasteiger partial charge in [0.15, 0.2) is 0 Å². The van der Waals surface area contributed by atoms with Crippen LogP contribution >= 0.6 is 22.6 Å². The first-order chi connectivity index (χ1) is 9.06. The Bertz CT molecular complexity index is 421. The van der Waals surface area contributed by atoms with Crippen molar-refractivity contribution in [1.82, 2.24) is 0 Å². The standard InChI is InChI=1S/C7H6O.C7H8.C3H7I/c8-6-7-4-2-1-3-5-7;1-7-5-3-2-4-6-7;1-3(2)4/h1-6H;2-6H,1H3;3H,1-2H3. The van der Waals surface area contributed by atoms with Crippen LogP contribution in [0.2, 0.25) is 0 Å². The average Bonchev–Trinajstić information content (AvgIpc) is 2.41. The number of aldehydes is 1. The Morgan fingerprint density at radius 2 is 1.26 bits per heavy atom. The van der Waals surface area contributed by atoms with E-state index < -0.39 is 0 Å². The molecular weight excluding hydrogens is 347 g/mol. The fourth-order valence-corrected chi connectivity index (χ4v) is 1.07. The van der Waals surface area contributed by atoms with Gasteiger partial charge in [0.2, 0.25) is 0 Å². The molecule has 0 heterocycles. The molecule has 0 atom stereocenters. The summed E-state index contributed by atoms with van der Waals surface area (Å²) in [4.78, 5) is 10.0. The number of carbonyl (C=O) groups excluding carboxylic acids is 1. The summed E-state index contributed by atoms with van der Waals surface area (Å²) in [5.74, 6) is 0. The zero-order chi connectivity index (χ0) is 14.5. The van der Waals surface area contributed by atoms with Gasteiger partial charge in [0.25, 0.3) is 0 Å². The van der Waals surface area contributed by atoms with E-state index >= 15 is 0 Å². The molecule has 0 fully saturated rings. The Morgan fingerprint density at radius 1 is 0.895 bits per heavy atom. The first-order valence-electron chi connectivity index (χ1n) is 6.22. The summed E-state index contributed by atoms with van der Waals surface area (Å²) < 4.78 is 0.803. The van der Waals surface area contributed by atoms with E-state index in [-0.39, 0.29) is 0 Å². The van der Waals surface area contributed by atoms with E-state index in [1.165, 1.54) is 5.56 Å². The predicted octanol–water partition coefficient (Wildman–Crippen LogP) is 5.32. The second-order valence-electron chi connectivity index (χ2n) is 4.20. The van der Waals surface area contributed by atoms with E-state index in [9.17, 15) is 4.79 Å². The van der Waals surface area contributed by atoms with E-state index in [1.807, 2.05) is 36.4 Å². The van der Waals surface area contributed by atoms with Crippen molar-refractivity contribution in [3.05, 3.63) is 71.8 Å². The lowest BCUT2D eigenvalue weighted by Crippen LogP contribution is -1.73. The number of alkyl halides is 1. The molecule has 19 heavy (non-hydrogen) atoms. The third-order valence-electron chi connectivity index (χ3n) is 1.88. The largest absolute Gasteiger partial charge is 0.298 e. The van der Waals surface area contributed by atoms with Gasteiger partial charge in [0.05, 0.1) is 0 Å². The van der Waals surface area contributed by atoms with Crippen LogP contribution in [0.5, 0.6) is 0 Å². The molecule has 0 aromatic heterocycles. The van der Waals surface area contributed by atoms with Crippen molar-refractivity contribution in [2.24, 2.45) is 0 Å². The van der Waals surface area contributed by atoms with Gasteiger partial charge < -0.3 is 0 Å². The SMILES string of the molecule is CC(C)I.Cc1ccccc1.O=Cc1ccccc1. The highest BCUT2D eigenvalue weighted by Crippen LogP contribution is 1.92. The molecule has 0 unspecified atom stereocenters. The van der Waals surface area contributed by atoms with Gasteiger partial charge in [0.1, 0.15) is 6.29 Å². The summed E-state index contributed by atoms with van der Waals surface area (Å²) in [7, 11) is 0. The van der Waals surface area contributed by atoms with E-state index in [0.717, 1.165) is 15.8 Å². The predicted molar refractivity (Wildman–Crippen MR) is 92.2 cm³/mol. The third-order valence-corrected chi connectivity index (χ3v) is 1.88. The average molecular weight is 368 g/mol. The Balaban J connectivity index is 0.000000272. The van der Waals surface area contributed by atoms with Crippen molar-refractivity contribution in [3.8, 4) is 0 Å². The molecule has 0 N–H and O–H groups in total. The molecule has 0 bridgehead atoms. The Kier molecular flexibility index (Phi) is 11.2. The molecule has 0 aliphatic heterocycles. The highest BCUT2D eigenvalue weighted by molar-refractivity contribution is 14.1. The fraction of sp³-hybridized carbons (Fsp3) is 0.235. The summed E-state index contributed by atoms with van der Waals surface area (Å²) in [6.45, 7) is 6.39. The van der Waals surface area contributed by atoms with E-state index in [4.69, 9.17) is 0 Å². The molecule has 0 amide bonds. The van der Waals surface area contributed by atoms with Crippen molar-refractivity contribution in [1.29, 1.82) is 0 Å². The van der Waals surface area contributed by atoms with Crippen LogP contribution in [0.3, 0.4) is 0 Å². The molecule has 2 heteroatoms. The first-order valence-corrected chi connectivity index (χ1v) is 7.46. The van der Waals surface area contributed by atoms with Crippen molar-refractivity contribution in [3.63, 3.8) is 0 Å². The molecule has 0 aliphatic carbocycles. The van der Waals surface area contributed by atoms with Gasteiger partial charge in [-0.3, -0.25) is 4.79 Å². The van der Waals surface area contributed by atoms with Gasteiger partial charge in [-0.1, -0.05) is 103 Å². The quantitative estimate of drug-likeness (QED) is 0.378. The molecule has 0 aliphatic rings. The van der Waals surface area contributed by atoms with Crippen LogP contribution < -0.4 is 0 Å². The summed E-state index contributed by atoms with van der Waals surface area (Å²) in [5.41, 5.74) is 2.05. The number of rotatable bonds is 1. The highest BCUT2D eigenvalue weighted by atomic mass is 127. The fourth-order valence-electron chi connectivity index (χ4n) is 1.07. The summed E-state index contributed by atoms with van der Waals surface area (Å²) in [6, 6.07) is 19.4. The van der Waals surface area contributed by atoms with E-state index in [0.29, 0.717) is 0 Å². The van der Waals surface area contributed by atoms with Crippen molar-refractivity contribution < 1.29 is 4.79 Å². The smallest absolute Gasteiger partial charge is 0.150 e. The molecule has 102 valence electrons. The minimum atomic E-state index is 0.729. The minimum absolute atomic E-state index is 0.729. The maximum atomic E-state index is 10.0. The molecule has 2 aromatic carbocycles. The van der Waals surface area contributed by atoms with Crippen LogP contribution in [0.25, 0.3) is 0 Å². The normalized spacial score (nSPS) is 8.68. The number of halogens is 1. The number of hydrogen-bond donors (Lipinski definition) is 0. The Hall–Kier alpha value is -1.16. The Labute approximate surface area is 130 Å². The van der Waals surface area contributed by atoms with E-state index in [1.54, 1.807) is 12.1 Å². The lowest BCUT2D eigenvalue weighted by Gasteiger charge is -1.82. The maximum absolute atomic E-state index is 10.0. The zero-order valence-electron chi connectivity index (χ0n) is 11.7. The van der Waals surface area contributed by atoms with Crippen molar-refractivity contribution >= 4 is 28.9 Å². The number of benzene rings is 2. The van der Waals surface area contributed by atoms with Gasteiger partial charge in [-0.2, -0.15) is 0 Å². The second kappa shape index (κ2) is 11.9. The van der Waals surface area contributed by atoms with Crippen LogP contribution in [0.4, 0.5) is 0 Å². The lowest BCUT2D eigenvalue weighted by atomic mass is 10.2. The van der Waals surface area contributed by atoms with Crippen LogP contribution in [-0.4, -0.2) is 10.2 Å².